The molecule has 2 N–H and O–H groups in total. The minimum absolute atomic E-state index is 0.222. The minimum Gasteiger partial charge on any atom is -0.478 e. The molecule has 5 heteroatoms. The molecule has 0 saturated carbocycles. The van der Waals surface area contributed by atoms with E-state index in [2.05, 4.69) is 5.32 Å². The molecule has 0 radical (unpaired) electrons. The Balaban J connectivity index is 1.94. The summed E-state index contributed by atoms with van der Waals surface area (Å²) in [5, 5.41) is 11.4. The van der Waals surface area contributed by atoms with Gasteiger partial charge in [0, 0.05) is 6.54 Å². The summed E-state index contributed by atoms with van der Waals surface area (Å²) >= 11 is 0. The molecule has 5 nitrogen and oxygen atoms in total. The molecule has 0 aliphatic carbocycles. The van der Waals surface area contributed by atoms with Crippen molar-refractivity contribution in [2.75, 3.05) is 0 Å². The molecule has 0 aliphatic heterocycles. The van der Waals surface area contributed by atoms with Crippen molar-refractivity contribution in [1.82, 2.24) is 5.32 Å². The summed E-state index contributed by atoms with van der Waals surface area (Å²) in [4.78, 5) is 22.2. The highest BCUT2D eigenvalue weighted by Gasteiger charge is 2.06. The molecule has 1 aromatic carbocycles. The molecule has 0 spiro atoms. The van der Waals surface area contributed by atoms with Crippen LogP contribution in [0, 0.1) is 0 Å². The third-order valence-electron chi connectivity index (χ3n) is 2.44. The zero-order valence-corrected chi connectivity index (χ0v) is 9.42. The van der Waals surface area contributed by atoms with Gasteiger partial charge in [0.1, 0.15) is 6.26 Å². The molecule has 92 valence electrons. The van der Waals surface area contributed by atoms with Crippen molar-refractivity contribution in [2.24, 2.45) is 0 Å². The molecule has 0 saturated heterocycles. The van der Waals surface area contributed by atoms with Gasteiger partial charge in [-0.05, 0) is 23.8 Å². The van der Waals surface area contributed by atoms with Gasteiger partial charge >= 0.3 is 5.97 Å². The third-order valence-corrected chi connectivity index (χ3v) is 2.44. The number of furan rings is 1. The number of aromatic carboxylic acids is 1. The fourth-order valence-electron chi connectivity index (χ4n) is 1.44. The Hall–Kier alpha value is -2.56. The first-order valence-corrected chi connectivity index (χ1v) is 5.29. The van der Waals surface area contributed by atoms with Crippen LogP contribution in [0.5, 0.6) is 0 Å². The summed E-state index contributed by atoms with van der Waals surface area (Å²) in [6.45, 7) is 0.337. The van der Waals surface area contributed by atoms with Crippen LogP contribution in [0.2, 0.25) is 0 Å². The SMILES string of the molecule is O=C(O)c1ccc(CNC(=O)c2ccoc2)cc1. The molecule has 1 amide bonds. The molecule has 0 bridgehead atoms. The van der Waals surface area contributed by atoms with Crippen LogP contribution in [-0.4, -0.2) is 17.0 Å². The van der Waals surface area contributed by atoms with Crippen LogP contribution in [0.4, 0.5) is 0 Å². The maximum absolute atomic E-state index is 11.6. The molecule has 2 aromatic rings. The van der Waals surface area contributed by atoms with Gasteiger partial charge in [0.2, 0.25) is 0 Å². The highest BCUT2D eigenvalue weighted by molar-refractivity contribution is 5.93. The van der Waals surface area contributed by atoms with Crippen LogP contribution in [0.15, 0.2) is 47.3 Å². The molecule has 1 aromatic heterocycles. The number of amides is 1. The first-order valence-electron chi connectivity index (χ1n) is 5.29. The number of benzene rings is 1. The average molecular weight is 245 g/mol. The first kappa shape index (κ1) is 11.9. The van der Waals surface area contributed by atoms with E-state index in [4.69, 9.17) is 9.52 Å². The van der Waals surface area contributed by atoms with Gasteiger partial charge in [-0.25, -0.2) is 4.79 Å². The lowest BCUT2D eigenvalue weighted by Gasteiger charge is -2.04. The van der Waals surface area contributed by atoms with E-state index in [9.17, 15) is 9.59 Å². The van der Waals surface area contributed by atoms with E-state index >= 15 is 0 Å². The summed E-state index contributed by atoms with van der Waals surface area (Å²) in [5.74, 6) is -1.20. The normalized spacial score (nSPS) is 10.0. The number of carbonyl (C=O) groups excluding carboxylic acids is 1. The van der Waals surface area contributed by atoms with Crippen molar-refractivity contribution in [2.45, 2.75) is 6.54 Å². The van der Waals surface area contributed by atoms with Crippen LogP contribution >= 0.6 is 0 Å². The first-order chi connectivity index (χ1) is 8.66. The smallest absolute Gasteiger partial charge is 0.335 e. The fraction of sp³-hybridized carbons (Fsp3) is 0.0769. The maximum atomic E-state index is 11.6. The highest BCUT2D eigenvalue weighted by Crippen LogP contribution is 2.05. The monoisotopic (exact) mass is 245 g/mol. The summed E-state index contributed by atoms with van der Waals surface area (Å²) in [5.41, 5.74) is 1.51. The number of carboxylic acid groups (broad SMARTS) is 1. The maximum Gasteiger partial charge on any atom is 0.335 e. The van der Waals surface area contributed by atoms with Crippen molar-refractivity contribution in [3.63, 3.8) is 0 Å². The van der Waals surface area contributed by atoms with Crippen LogP contribution in [0.1, 0.15) is 26.3 Å². The fourth-order valence-corrected chi connectivity index (χ4v) is 1.44. The van der Waals surface area contributed by atoms with Gasteiger partial charge in [-0.2, -0.15) is 0 Å². The van der Waals surface area contributed by atoms with Gasteiger partial charge in [-0.15, -0.1) is 0 Å². The van der Waals surface area contributed by atoms with E-state index in [0.717, 1.165) is 5.56 Å². The van der Waals surface area contributed by atoms with Gasteiger partial charge in [0.15, 0.2) is 0 Å². The largest absolute Gasteiger partial charge is 0.478 e. The second-order valence-corrected chi connectivity index (χ2v) is 3.70. The van der Waals surface area contributed by atoms with E-state index in [1.165, 1.54) is 24.7 Å². The molecule has 0 aliphatic rings. The van der Waals surface area contributed by atoms with Crippen molar-refractivity contribution in [1.29, 1.82) is 0 Å². The molecule has 1 heterocycles. The summed E-state index contributed by atoms with van der Waals surface area (Å²) in [6.07, 6.45) is 2.79. The highest BCUT2D eigenvalue weighted by atomic mass is 16.4. The molecule has 2 rings (SSSR count). The summed E-state index contributed by atoms with van der Waals surface area (Å²) in [6, 6.07) is 7.91. The van der Waals surface area contributed by atoms with Crippen LogP contribution in [-0.2, 0) is 6.54 Å². The van der Waals surface area contributed by atoms with Crippen LogP contribution in [0.3, 0.4) is 0 Å². The predicted octanol–water partition coefficient (Wildman–Crippen LogP) is 1.91. The van der Waals surface area contributed by atoms with Gasteiger partial charge < -0.3 is 14.8 Å². The summed E-state index contributed by atoms with van der Waals surface area (Å²) < 4.78 is 4.80. The van der Waals surface area contributed by atoms with E-state index < -0.39 is 5.97 Å². The molecule has 0 atom stereocenters. The minimum atomic E-state index is -0.969. The number of nitrogens with one attached hydrogen (secondary N) is 1. The predicted molar refractivity (Wildman–Crippen MR) is 63.3 cm³/mol. The lowest BCUT2D eigenvalue weighted by atomic mass is 10.1. The summed E-state index contributed by atoms with van der Waals surface area (Å²) in [7, 11) is 0. The Labute approximate surface area is 103 Å². The van der Waals surface area contributed by atoms with Gasteiger partial charge in [-0.1, -0.05) is 12.1 Å². The molecule has 0 fully saturated rings. The average Bonchev–Trinajstić information content (AvgIpc) is 2.90. The van der Waals surface area contributed by atoms with Crippen molar-refractivity contribution in [3.8, 4) is 0 Å². The van der Waals surface area contributed by atoms with Crippen molar-refractivity contribution in [3.05, 3.63) is 59.5 Å². The zero-order valence-electron chi connectivity index (χ0n) is 9.42. The standard InChI is InChI=1S/C13H11NO4/c15-12(11-5-6-18-8-11)14-7-9-1-3-10(4-2-9)13(16)17/h1-6,8H,7H2,(H,14,15)(H,16,17). The number of hydrogen-bond acceptors (Lipinski definition) is 3. The van der Waals surface area contributed by atoms with Crippen LogP contribution in [0.25, 0.3) is 0 Å². The lowest BCUT2D eigenvalue weighted by molar-refractivity contribution is 0.0696. The number of carbonyl (C=O) groups is 2. The quantitative estimate of drug-likeness (QED) is 0.862. The number of rotatable bonds is 4. The van der Waals surface area contributed by atoms with Gasteiger partial charge in [0.25, 0.3) is 5.91 Å². The molecule has 18 heavy (non-hydrogen) atoms. The number of hydrogen-bond donors (Lipinski definition) is 2. The third kappa shape index (κ3) is 2.76. The van der Waals surface area contributed by atoms with E-state index in [0.29, 0.717) is 12.1 Å². The Morgan fingerprint density at radius 3 is 2.39 bits per heavy atom. The zero-order chi connectivity index (χ0) is 13.0. The van der Waals surface area contributed by atoms with Crippen LogP contribution < -0.4 is 5.32 Å². The molecular formula is C13H11NO4. The van der Waals surface area contributed by atoms with Crippen molar-refractivity contribution >= 4 is 11.9 Å². The number of carboxylic acids is 1. The topological polar surface area (TPSA) is 79.5 Å². The van der Waals surface area contributed by atoms with Crippen molar-refractivity contribution < 1.29 is 19.1 Å². The Morgan fingerprint density at radius 1 is 1.11 bits per heavy atom. The molecular weight excluding hydrogens is 234 g/mol. The lowest BCUT2D eigenvalue weighted by Crippen LogP contribution is -2.22. The Morgan fingerprint density at radius 2 is 1.83 bits per heavy atom. The molecule has 0 unspecified atom stereocenters. The van der Waals surface area contributed by atoms with E-state index in [1.807, 2.05) is 0 Å². The second-order valence-electron chi connectivity index (χ2n) is 3.70. The van der Waals surface area contributed by atoms with E-state index in [-0.39, 0.29) is 11.5 Å². The second kappa shape index (κ2) is 5.18. The Bertz CT molecular complexity index is 543. The van der Waals surface area contributed by atoms with Gasteiger partial charge in [0.05, 0.1) is 17.4 Å². The Kier molecular flexibility index (Phi) is 3.43. The van der Waals surface area contributed by atoms with E-state index in [1.54, 1.807) is 18.2 Å². The van der Waals surface area contributed by atoms with Gasteiger partial charge in [-0.3, -0.25) is 4.79 Å².